The highest BCUT2D eigenvalue weighted by Gasteiger charge is 2.30. The number of hydrogen-bond acceptors (Lipinski definition) is 5. The van der Waals surface area contributed by atoms with Gasteiger partial charge in [0.05, 0.1) is 17.0 Å². The number of halogens is 2. The van der Waals surface area contributed by atoms with E-state index in [2.05, 4.69) is 4.98 Å². The lowest BCUT2D eigenvalue weighted by atomic mass is 10.0. The number of rotatable bonds is 7. The third kappa shape index (κ3) is 5.35. The van der Waals surface area contributed by atoms with Crippen molar-refractivity contribution in [3.05, 3.63) is 40.3 Å². The molecular weight excluding hydrogens is 449 g/mol. The zero-order valence-electron chi connectivity index (χ0n) is 17.0. The van der Waals surface area contributed by atoms with Crippen molar-refractivity contribution >= 4 is 39.1 Å². The first kappa shape index (κ1) is 23.1. The molecule has 0 unspecified atom stereocenters. The topological polar surface area (TPSA) is 83.7 Å². The summed E-state index contributed by atoms with van der Waals surface area (Å²) >= 11 is 12.1. The number of nitrogens with zero attached hydrogens (tertiary/aromatic N) is 3. The molecule has 0 atom stereocenters. The number of piperidine rings is 1. The van der Waals surface area contributed by atoms with E-state index in [1.54, 1.807) is 43.3 Å². The first-order valence-corrected chi connectivity index (χ1v) is 12.2. The van der Waals surface area contributed by atoms with Gasteiger partial charge in [-0.3, -0.25) is 4.79 Å². The van der Waals surface area contributed by atoms with Gasteiger partial charge in [0.2, 0.25) is 15.9 Å². The van der Waals surface area contributed by atoms with Crippen LogP contribution in [0.3, 0.4) is 0 Å². The molecule has 0 spiro atoms. The lowest BCUT2D eigenvalue weighted by molar-refractivity contribution is -0.132. The van der Waals surface area contributed by atoms with Gasteiger partial charge in [-0.2, -0.15) is 0 Å². The van der Waals surface area contributed by atoms with E-state index in [0.29, 0.717) is 59.6 Å². The van der Waals surface area contributed by atoms with Crippen LogP contribution in [-0.2, 0) is 21.2 Å². The van der Waals surface area contributed by atoms with E-state index in [-0.39, 0.29) is 24.1 Å². The number of carbonyl (C=O) groups is 1. The average Bonchev–Trinajstić information content (AvgIpc) is 3.20. The number of amides is 1. The Hall–Kier alpha value is -1.61. The Bertz CT molecular complexity index is 1000. The lowest BCUT2D eigenvalue weighted by Gasteiger charge is -2.36. The Morgan fingerprint density at radius 3 is 2.63 bits per heavy atom. The third-order valence-electron chi connectivity index (χ3n) is 5.44. The summed E-state index contributed by atoms with van der Waals surface area (Å²) in [4.78, 5) is 18.6. The smallest absolute Gasteiger partial charge is 0.223 e. The number of sulfonamides is 1. The second-order valence-electron chi connectivity index (χ2n) is 7.27. The molecule has 1 aliphatic rings. The highest BCUT2D eigenvalue weighted by Crippen LogP contribution is 2.31. The molecule has 2 aromatic rings. The van der Waals surface area contributed by atoms with Crippen LogP contribution < -0.4 is 0 Å². The number of carbonyl (C=O) groups excluding carboxylic acids is 1. The number of aryl methyl sites for hydroxylation is 1. The van der Waals surface area contributed by atoms with E-state index in [0.717, 1.165) is 0 Å². The van der Waals surface area contributed by atoms with Crippen LogP contribution in [0.2, 0.25) is 10.0 Å². The zero-order chi connectivity index (χ0) is 21.9. The van der Waals surface area contributed by atoms with Gasteiger partial charge < -0.3 is 9.32 Å². The molecule has 3 rings (SSSR count). The van der Waals surface area contributed by atoms with Crippen molar-refractivity contribution in [3.8, 4) is 11.3 Å². The van der Waals surface area contributed by atoms with Crippen molar-refractivity contribution < 1.29 is 17.6 Å². The van der Waals surface area contributed by atoms with Crippen molar-refractivity contribution in [1.29, 1.82) is 0 Å². The molecule has 1 aromatic heterocycles. The summed E-state index contributed by atoms with van der Waals surface area (Å²) in [6.45, 7) is 2.73. The number of hydrogen-bond donors (Lipinski definition) is 0. The van der Waals surface area contributed by atoms with Gasteiger partial charge >= 0.3 is 0 Å². The molecule has 0 saturated carbocycles. The standard InChI is InChI=1S/C20H25Cl2N3O4S/c1-3-30(27,28)24(2)15-8-10-25(11-9-15)20(26)7-6-19-23-13-18(29-19)16-5-4-14(21)12-17(16)22/h4-5,12-13,15H,3,6-11H2,1-2H3. The van der Waals surface area contributed by atoms with E-state index in [1.807, 2.05) is 0 Å². The molecule has 30 heavy (non-hydrogen) atoms. The van der Waals surface area contributed by atoms with E-state index >= 15 is 0 Å². The maximum absolute atomic E-state index is 12.6. The average molecular weight is 474 g/mol. The van der Waals surface area contributed by atoms with Crippen LogP contribution in [0.5, 0.6) is 0 Å². The normalized spacial score (nSPS) is 15.7. The van der Waals surface area contributed by atoms with Gasteiger partial charge in [0.1, 0.15) is 0 Å². The summed E-state index contributed by atoms with van der Waals surface area (Å²) in [5.41, 5.74) is 0.694. The first-order valence-electron chi connectivity index (χ1n) is 9.85. The summed E-state index contributed by atoms with van der Waals surface area (Å²) in [6.07, 6.45) is 3.53. The summed E-state index contributed by atoms with van der Waals surface area (Å²) in [5, 5.41) is 1.01. The molecule has 164 valence electrons. The van der Waals surface area contributed by atoms with Crippen molar-refractivity contribution in [3.63, 3.8) is 0 Å². The number of benzene rings is 1. The summed E-state index contributed by atoms with van der Waals surface area (Å²) in [5.74, 6) is 1.09. The molecular formula is C20H25Cl2N3O4S. The van der Waals surface area contributed by atoms with E-state index in [9.17, 15) is 13.2 Å². The fourth-order valence-corrected chi connectivity index (χ4v) is 5.10. The van der Waals surface area contributed by atoms with Gasteiger partial charge in [-0.25, -0.2) is 17.7 Å². The Morgan fingerprint density at radius 1 is 1.30 bits per heavy atom. The van der Waals surface area contributed by atoms with Crippen LogP contribution >= 0.6 is 23.2 Å². The highest BCUT2D eigenvalue weighted by atomic mass is 35.5. The Balaban J connectivity index is 1.52. The van der Waals surface area contributed by atoms with Gasteiger partial charge in [0.15, 0.2) is 11.7 Å². The Morgan fingerprint density at radius 2 is 2.00 bits per heavy atom. The molecule has 0 radical (unpaired) electrons. The van der Waals surface area contributed by atoms with Gasteiger partial charge in [-0.1, -0.05) is 23.2 Å². The summed E-state index contributed by atoms with van der Waals surface area (Å²) in [7, 11) is -1.60. The maximum Gasteiger partial charge on any atom is 0.223 e. The van der Waals surface area contributed by atoms with Gasteiger partial charge in [-0.15, -0.1) is 0 Å². The zero-order valence-corrected chi connectivity index (χ0v) is 19.3. The molecule has 7 nitrogen and oxygen atoms in total. The largest absolute Gasteiger partial charge is 0.441 e. The monoisotopic (exact) mass is 473 g/mol. The Labute approximate surface area is 187 Å². The van der Waals surface area contributed by atoms with E-state index in [1.165, 1.54) is 4.31 Å². The minimum atomic E-state index is -3.22. The Kier molecular flexibility index (Phi) is 7.44. The second-order valence-corrected chi connectivity index (χ2v) is 10.4. The SMILES string of the molecule is CCS(=O)(=O)N(C)C1CCN(C(=O)CCc2ncc(-c3ccc(Cl)cc3Cl)o2)CC1. The minimum absolute atomic E-state index is 0.0127. The fourth-order valence-electron chi connectivity index (χ4n) is 3.52. The van der Waals surface area contributed by atoms with Crippen LogP contribution in [0.1, 0.15) is 32.1 Å². The van der Waals surface area contributed by atoms with Crippen molar-refractivity contribution in [2.45, 2.75) is 38.6 Å². The molecule has 0 bridgehead atoms. The molecule has 1 saturated heterocycles. The highest BCUT2D eigenvalue weighted by molar-refractivity contribution is 7.89. The number of aromatic nitrogens is 1. The van der Waals surface area contributed by atoms with Crippen LogP contribution in [0, 0.1) is 0 Å². The van der Waals surface area contributed by atoms with Crippen LogP contribution in [-0.4, -0.2) is 60.4 Å². The van der Waals surface area contributed by atoms with Crippen LogP contribution in [0.25, 0.3) is 11.3 Å². The molecule has 1 aromatic carbocycles. The summed E-state index contributed by atoms with van der Waals surface area (Å²) < 4.78 is 31.3. The molecule has 1 fully saturated rings. The molecule has 0 aliphatic carbocycles. The second kappa shape index (κ2) is 9.68. The predicted molar refractivity (Wildman–Crippen MR) is 117 cm³/mol. The third-order valence-corrected chi connectivity index (χ3v) is 7.89. The van der Waals surface area contributed by atoms with Crippen LogP contribution in [0.15, 0.2) is 28.8 Å². The number of likely N-dealkylation sites (tertiary alicyclic amines) is 1. The van der Waals surface area contributed by atoms with Gasteiger partial charge in [0, 0.05) is 49.6 Å². The lowest BCUT2D eigenvalue weighted by Crippen LogP contribution is -2.47. The fraction of sp³-hybridized carbons (Fsp3) is 0.500. The minimum Gasteiger partial charge on any atom is -0.441 e. The molecule has 10 heteroatoms. The molecule has 1 aliphatic heterocycles. The molecule has 2 heterocycles. The quantitative estimate of drug-likeness (QED) is 0.609. The summed E-state index contributed by atoms with van der Waals surface area (Å²) in [6, 6.07) is 5.07. The van der Waals surface area contributed by atoms with Crippen molar-refractivity contribution in [2.75, 3.05) is 25.9 Å². The van der Waals surface area contributed by atoms with E-state index in [4.69, 9.17) is 27.6 Å². The predicted octanol–water partition coefficient (Wildman–Crippen LogP) is 3.85. The number of oxazole rings is 1. The van der Waals surface area contributed by atoms with Crippen LogP contribution in [0.4, 0.5) is 0 Å². The first-order chi connectivity index (χ1) is 14.2. The van der Waals surface area contributed by atoms with Crippen molar-refractivity contribution in [2.24, 2.45) is 0 Å². The maximum atomic E-state index is 12.6. The molecule has 0 N–H and O–H groups in total. The van der Waals surface area contributed by atoms with Gasteiger partial charge in [-0.05, 0) is 38.0 Å². The molecule has 1 amide bonds. The van der Waals surface area contributed by atoms with Crippen molar-refractivity contribution in [1.82, 2.24) is 14.2 Å². The van der Waals surface area contributed by atoms with Gasteiger partial charge in [0.25, 0.3) is 0 Å². The van der Waals surface area contributed by atoms with E-state index < -0.39 is 10.0 Å².